The molecule has 0 spiro atoms. The van der Waals surface area contributed by atoms with Crippen molar-refractivity contribution >= 4 is 57.2 Å². The normalized spacial score (nSPS) is 10.2. The number of nitro benzene ring substituents is 2. The fourth-order valence-corrected chi connectivity index (χ4v) is 2.60. The fourth-order valence-electron chi connectivity index (χ4n) is 1.72. The van der Waals surface area contributed by atoms with Crippen LogP contribution in [0.25, 0.3) is 0 Å². The lowest BCUT2D eigenvalue weighted by atomic mass is 10.2. The van der Waals surface area contributed by atoms with Crippen molar-refractivity contribution in [3.8, 4) is 0 Å². The Bertz CT molecular complexity index is 827. The zero-order valence-electron chi connectivity index (χ0n) is 11.2. The number of hydrogen-bond donors (Lipinski definition) is 1. The summed E-state index contributed by atoms with van der Waals surface area (Å²) >= 11 is 7.75. The van der Waals surface area contributed by atoms with E-state index in [2.05, 4.69) is 5.32 Å². The van der Waals surface area contributed by atoms with Crippen LogP contribution in [0, 0.1) is 23.8 Å². The molecule has 0 aromatic heterocycles. The molecule has 0 aliphatic carbocycles. The lowest BCUT2D eigenvalue weighted by Gasteiger charge is -2.07. The second-order valence-electron chi connectivity index (χ2n) is 4.33. The number of rotatable bonds is 4. The van der Waals surface area contributed by atoms with Gasteiger partial charge in [0.15, 0.2) is 0 Å². The van der Waals surface area contributed by atoms with Gasteiger partial charge >= 0.3 is 0 Å². The molecule has 0 saturated carbocycles. The topological polar surface area (TPSA) is 115 Å². The second-order valence-corrected chi connectivity index (χ2v) is 5.98. The van der Waals surface area contributed by atoms with E-state index in [1.807, 2.05) is 22.6 Å². The van der Waals surface area contributed by atoms with Crippen LogP contribution in [-0.4, -0.2) is 15.8 Å². The monoisotopic (exact) mass is 447 g/mol. The number of non-ortho nitro benzene ring substituents is 2. The molecule has 8 nitrogen and oxygen atoms in total. The van der Waals surface area contributed by atoms with Crippen LogP contribution < -0.4 is 5.32 Å². The van der Waals surface area contributed by atoms with Crippen LogP contribution in [0.3, 0.4) is 0 Å². The van der Waals surface area contributed by atoms with Crippen molar-refractivity contribution in [1.29, 1.82) is 0 Å². The first-order chi connectivity index (χ1) is 10.8. The summed E-state index contributed by atoms with van der Waals surface area (Å²) in [5.74, 6) is -0.609. The second kappa shape index (κ2) is 6.87. The number of nitro groups is 2. The van der Waals surface area contributed by atoms with E-state index in [1.54, 1.807) is 0 Å². The van der Waals surface area contributed by atoms with Crippen LogP contribution in [0.2, 0.25) is 5.02 Å². The summed E-state index contributed by atoms with van der Waals surface area (Å²) in [4.78, 5) is 32.4. The molecule has 0 atom stereocenters. The number of hydrogen-bond acceptors (Lipinski definition) is 5. The Labute approximate surface area is 147 Å². The quantitative estimate of drug-likeness (QED) is 0.432. The number of carbonyl (C=O) groups is 1. The zero-order chi connectivity index (χ0) is 17.1. The molecule has 2 aromatic carbocycles. The molecule has 0 saturated heterocycles. The average Bonchev–Trinajstić information content (AvgIpc) is 2.48. The molecule has 0 bridgehead atoms. The van der Waals surface area contributed by atoms with Crippen LogP contribution in [0.4, 0.5) is 17.1 Å². The van der Waals surface area contributed by atoms with E-state index in [0.717, 1.165) is 12.1 Å². The standard InChI is InChI=1S/C13H7ClIN3O5/c14-11-6-9(17(20)21)1-2-12(11)16-13(19)7-3-8(15)5-10(4-7)18(22)23/h1-6H,(H,16,19). The number of amides is 1. The molecule has 1 amide bonds. The highest BCUT2D eigenvalue weighted by molar-refractivity contribution is 14.1. The smallest absolute Gasteiger partial charge is 0.271 e. The van der Waals surface area contributed by atoms with Gasteiger partial charge in [-0.3, -0.25) is 25.0 Å². The number of nitrogens with zero attached hydrogens (tertiary/aromatic N) is 2. The van der Waals surface area contributed by atoms with Crippen molar-refractivity contribution in [3.63, 3.8) is 0 Å². The van der Waals surface area contributed by atoms with Gasteiger partial charge in [-0.2, -0.15) is 0 Å². The maximum atomic E-state index is 12.2. The molecule has 0 heterocycles. The lowest BCUT2D eigenvalue weighted by molar-refractivity contribution is -0.385. The Morgan fingerprint density at radius 2 is 1.70 bits per heavy atom. The van der Waals surface area contributed by atoms with Gasteiger partial charge in [-0.05, 0) is 34.7 Å². The van der Waals surface area contributed by atoms with Crippen molar-refractivity contribution in [2.75, 3.05) is 5.32 Å². The van der Waals surface area contributed by atoms with Gasteiger partial charge in [0.25, 0.3) is 17.3 Å². The van der Waals surface area contributed by atoms with Gasteiger partial charge in [0.05, 0.1) is 20.6 Å². The maximum Gasteiger partial charge on any atom is 0.271 e. The van der Waals surface area contributed by atoms with Crippen LogP contribution in [-0.2, 0) is 0 Å². The molecule has 0 aliphatic rings. The summed E-state index contributed by atoms with van der Waals surface area (Å²) in [6, 6.07) is 7.53. The van der Waals surface area contributed by atoms with E-state index in [-0.39, 0.29) is 27.6 Å². The molecule has 23 heavy (non-hydrogen) atoms. The van der Waals surface area contributed by atoms with Crippen LogP contribution in [0.5, 0.6) is 0 Å². The van der Waals surface area contributed by atoms with Crippen molar-refractivity contribution < 1.29 is 14.6 Å². The van der Waals surface area contributed by atoms with E-state index in [4.69, 9.17) is 11.6 Å². The SMILES string of the molecule is O=C(Nc1ccc([N+](=O)[O-])cc1Cl)c1cc(I)cc([N+](=O)[O-])c1. The third-order valence-electron chi connectivity index (χ3n) is 2.77. The molecule has 0 radical (unpaired) electrons. The van der Waals surface area contributed by atoms with Gasteiger partial charge in [-0.25, -0.2) is 0 Å². The Morgan fingerprint density at radius 1 is 1.04 bits per heavy atom. The molecule has 1 N–H and O–H groups in total. The minimum Gasteiger partial charge on any atom is -0.321 e. The molecule has 118 valence electrons. The number of benzene rings is 2. The molecular formula is C13H7ClIN3O5. The highest BCUT2D eigenvalue weighted by atomic mass is 127. The third kappa shape index (κ3) is 4.13. The van der Waals surface area contributed by atoms with Crippen LogP contribution in [0.15, 0.2) is 36.4 Å². The summed E-state index contributed by atoms with van der Waals surface area (Å²) in [6.45, 7) is 0. The highest BCUT2D eigenvalue weighted by Crippen LogP contribution is 2.27. The third-order valence-corrected chi connectivity index (χ3v) is 3.70. The molecule has 2 rings (SSSR count). The van der Waals surface area contributed by atoms with Gasteiger partial charge in [0.2, 0.25) is 0 Å². The maximum absolute atomic E-state index is 12.2. The summed E-state index contributed by atoms with van der Waals surface area (Å²) in [7, 11) is 0. The Morgan fingerprint density at radius 3 is 2.26 bits per heavy atom. The highest BCUT2D eigenvalue weighted by Gasteiger charge is 2.16. The van der Waals surface area contributed by atoms with Gasteiger partial charge in [-0.15, -0.1) is 0 Å². The first-order valence-electron chi connectivity index (χ1n) is 5.98. The fraction of sp³-hybridized carbons (Fsp3) is 0. The number of carbonyl (C=O) groups excluding carboxylic acids is 1. The molecular weight excluding hydrogens is 441 g/mol. The summed E-state index contributed by atoms with van der Waals surface area (Å²) in [5, 5.41) is 23.9. The van der Waals surface area contributed by atoms with Crippen LogP contribution in [0.1, 0.15) is 10.4 Å². The minimum absolute atomic E-state index is 0.00678. The van der Waals surface area contributed by atoms with Crippen molar-refractivity contribution in [2.45, 2.75) is 0 Å². The van der Waals surface area contributed by atoms with E-state index in [9.17, 15) is 25.0 Å². The average molecular weight is 448 g/mol. The Kier molecular flexibility index (Phi) is 5.11. The van der Waals surface area contributed by atoms with Gasteiger partial charge in [0.1, 0.15) is 0 Å². The zero-order valence-corrected chi connectivity index (χ0v) is 14.1. The molecule has 0 unspecified atom stereocenters. The van der Waals surface area contributed by atoms with Gasteiger partial charge in [-0.1, -0.05) is 11.6 Å². The predicted octanol–water partition coefficient (Wildman–Crippen LogP) is 4.01. The first kappa shape index (κ1) is 17.1. The van der Waals surface area contributed by atoms with E-state index in [1.165, 1.54) is 24.3 Å². The first-order valence-corrected chi connectivity index (χ1v) is 7.44. The van der Waals surface area contributed by atoms with E-state index >= 15 is 0 Å². The Hall–Kier alpha value is -2.27. The molecule has 2 aromatic rings. The Balaban J connectivity index is 2.29. The van der Waals surface area contributed by atoms with Crippen molar-refractivity contribution in [3.05, 3.63) is 70.8 Å². The summed E-state index contributed by atoms with van der Waals surface area (Å²) < 4.78 is 0.525. The van der Waals surface area contributed by atoms with Crippen LogP contribution >= 0.6 is 34.2 Å². The minimum atomic E-state index is -0.611. The van der Waals surface area contributed by atoms with E-state index < -0.39 is 15.8 Å². The largest absolute Gasteiger partial charge is 0.321 e. The lowest BCUT2D eigenvalue weighted by Crippen LogP contribution is -2.13. The van der Waals surface area contributed by atoms with Crippen molar-refractivity contribution in [1.82, 2.24) is 0 Å². The van der Waals surface area contributed by atoms with E-state index in [0.29, 0.717) is 3.57 Å². The molecule has 10 heteroatoms. The number of anilines is 1. The number of nitrogens with one attached hydrogen (secondary N) is 1. The predicted molar refractivity (Wildman–Crippen MR) is 91.9 cm³/mol. The summed E-state index contributed by atoms with van der Waals surface area (Å²) in [5.41, 5.74) is -0.170. The van der Waals surface area contributed by atoms with Gasteiger partial charge < -0.3 is 5.32 Å². The van der Waals surface area contributed by atoms with Gasteiger partial charge in [0, 0.05) is 33.4 Å². The molecule has 0 fully saturated rings. The summed E-state index contributed by atoms with van der Waals surface area (Å²) in [6.07, 6.45) is 0. The molecule has 0 aliphatic heterocycles. The van der Waals surface area contributed by atoms with Crippen molar-refractivity contribution in [2.24, 2.45) is 0 Å². The number of halogens is 2.